The van der Waals surface area contributed by atoms with Crippen LogP contribution in [-0.4, -0.2) is 23.0 Å². The molecule has 0 spiro atoms. The Morgan fingerprint density at radius 1 is 0.765 bits per heavy atom. The van der Waals surface area contributed by atoms with Gasteiger partial charge in [-0.1, -0.05) is 46.5 Å². The maximum atomic E-state index is 2.39. The highest BCUT2D eigenvalue weighted by atomic mass is 32.3. The summed E-state index contributed by atoms with van der Waals surface area (Å²) in [5, 5.41) is 0. The first-order valence-electron chi connectivity index (χ1n) is 8.00. The van der Waals surface area contributed by atoms with E-state index in [2.05, 4.69) is 20.8 Å². The van der Waals surface area contributed by atoms with E-state index in [4.69, 9.17) is 0 Å². The molecule has 0 unspecified atom stereocenters. The van der Waals surface area contributed by atoms with E-state index in [0.717, 1.165) is 5.92 Å². The fourth-order valence-electron chi connectivity index (χ4n) is 3.16. The van der Waals surface area contributed by atoms with Crippen LogP contribution in [0.5, 0.6) is 0 Å². The zero-order chi connectivity index (χ0) is 12.6. The van der Waals surface area contributed by atoms with E-state index >= 15 is 0 Å². The number of rotatable bonds is 11. The molecule has 0 amide bonds. The van der Waals surface area contributed by atoms with Gasteiger partial charge >= 0.3 is 0 Å². The predicted octanol–water partition coefficient (Wildman–Crippen LogP) is 5.60. The summed E-state index contributed by atoms with van der Waals surface area (Å²) >= 11 is 0. The van der Waals surface area contributed by atoms with Gasteiger partial charge in [-0.25, -0.2) is 10.0 Å². The predicted molar refractivity (Wildman–Crippen MR) is 84.5 cm³/mol. The summed E-state index contributed by atoms with van der Waals surface area (Å²) in [4.78, 5) is 0. The Kier molecular flexibility index (Phi) is 7.66. The van der Waals surface area contributed by atoms with Gasteiger partial charge in [0.05, 0.1) is 0 Å². The monoisotopic (exact) mass is 258 g/mol. The molecule has 0 aromatic carbocycles. The normalized spacial score (nSPS) is 17.4. The summed E-state index contributed by atoms with van der Waals surface area (Å²) < 4.78 is 0. The third-order valence-corrected chi connectivity index (χ3v) is 9.03. The van der Waals surface area contributed by atoms with Crippen LogP contribution in [0.2, 0.25) is 0 Å². The summed E-state index contributed by atoms with van der Waals surface area (Å²) in [7, 11) is -0.224. The Balaban J connectivity index is 2.29. The van der Waals surface area contributed by atoms with E-state index in [1.54, 1.807) is 29.4 Å². The van der Waals surface area contributed by atoms with Gasteiger partial charge in [-0.3, -0.25) is 0 Å². The van der Waals surface area contributed by atoms with Crippen LogP contribution in [0.25, 0.3) is 0 Å². The third-order valence-electron chi connectivity index (χ3n) is 4.05. The Morgan fingerprint density at radius 3 is 1.71 bits per heavy atom. The molecular formula is C16H34S. The molecule has 0 N–H and O–H groups in total. The number of hydrogen-bond acceptors (Lipinski definition) is 0. The molecule has 0 heterocycles. The molecule has 17 heavy (non-hydrogen) atoms. The standard InChI is InChI=1S/C16H34S/c1-4-12-17(13-5-2,14-6-3)15-8-7-9-16-10-11-16/h16H,4-15H2,1-3H3. The van der Waals surface area contributed by atoms with Crippen LogP contribution >= 0.6 is 10.0 Å². The molecule has 1 rings (SSSR count). The van der Waals surface area contributed by atoms with Crippen molar-refractivity contribution < 1.29 is 0 Å². The van der Waals surface area contributed by atoms with Crippen LogP contribution in [0.15, 0.2) is 0 Å². The third kappa shape index (κ3) is 6.18. The smallest absolute Gasteiger partial charge is 0.0228 e. The Morgan fingerprint density at radius 2 is 1.29 bits per heavy atom. The summed E-state index contributed by atoms with van der Waals surface area (Å²) in [6.45, 7) is 7.16. The first-order chi connectivity index (χ1) is 8.26. The van der Waals surface area contributed by atoms with Gasteiger partial charge in [0, 0.05) is 0 Å². The Labute approximate surface area is 111 Å². The molecule has 0 saturated heterocycles. The van der Waals surface area contributed by atoms with E-state index in [9.17, 15) is 0 Å². The average molecular weight is 259 g/mol. The second-order valence-corrected chi connectivity index (χ2v) is 10.1. The van der Waals surface area contributed by atoms with Crippen molar-refractivity contribution >= 4 is 10.0 Å². The van der Waals surface area contributed by atoms with Crippen molar-refractivity contribution in [3.05, 3.63) is 0 Å². The summed E-state index contributed by atoms with van der Waals surface area (Å²) in [6.07, 6.45) is 11.9. The van der Waals surface area contributed by atoms with Gasteiger partial charge in [-0.2, -0.15) is 0 Å². The van der Waals surface area contributed by atoms with E-state index in [1.807, 2.05) is 0 Å². The van der Waals surface area contributed by atoms with Gasteiger partial charge in [0.25, 0.3) is 0 Å². The number of hydrogen-bond donors (Lipinski definition) is 0. The van der Waals surface area contributed by atoms with E-state index in [-0.39, 0.29) is 10.0 Å². The average Bonchev–Trinajstić information content (AvgIpc) is 3.09. The minimum Gasteiger partial charge on any atom is -0.241 e. The van der Waals surface area contributed by atoms with Crippen LogP contribution < -0.4 is 0 Å². The van der Waals surface area contributed by atoms with Crippen LogP contribution in [-0.2, 0) is 0 Å². The minimum atomic E-state index is -0.224. The zero-order valence-corrected chi connectivity index (χ0v) is 13.3. The van der Waals surface area contributed by atoms with Crippen molar-refractivity contribution in [2.24, 2.45) is 5.92 Å². The van der Waals surface area contributed by atoms with Gasteiger partial charge < -0.3 is 0 Å². The lowest BCUT2D eigenvalue weighted by Gasteiger charge is -2.40. The molecule has 0 atom stereocenters. The largest absolute Gasteiger partial charge is 0.241 e. The molecule has 1 fully saturated rings. The SMILES string of the molecule is CCCS(CCC)(CCC)CCCCC1CC1. The summed E-state index contributed by atoms with van der Waals surface area (Å²) in [5.74, 6) is 7.40. The summed E-state index contributed by atoms with van der Waals surface area (Å²) in [5.41, 5.74) is 0. The highest BCUT2D eigenvalue weighted by molar-refractivity contribution is 8.33. The lowest BCUT2D eigenvalue weighted by molar-refractivity contribution is 0.656. The fourth-order valence-corrected chi connectivity index (χ4v) is 7.80. The van der Waals surface area contributed by atoms with Gasteiger partial charge in [0.2, 0.25) is 0 Å². The van der Waals surface area contributed by atoms with Crippen LogP contribution in [0, 0.1) is 5.92 Å². The maximum absolute atomic E-state index is 2.39. The van der Waals surface area contributed by atoms with Crippen molar-refractivity contribution in [1.29, 1.82) is 0 Å². The molecular weight excluding hydrogens is 224 g/mol. The Bertz CT molecular complexity index is 167. The highest BCUT2D eigenvalue weighted by Gasteiger charge is 2.23. The van der Waals surface area contributed by atoms with Crippen molar-refractivity contribution in [1.82, 2.24) is 0 Å². The minimum absolute atomic E-state index is 0.224. The van der Waals surface area contributed by atoms with Gasteiger partial charge in [0.1, 0.15) is 0 Å². The first-order valence-corrected chi connectivity index (χ1v) is 10.3. The highest BCUT2D eigenvalue weighted by Crippen LogP contribution is 2.50. The van der Waals surface area contributed by atoms with Gasteiger partial charge in [-0.15, -0.1) is 0 Å². The lowest BCUT2D eigenvalue weighted by atomic mass is 10.2. The van der Waals surface area contributed by atoms with Crippen molar-refractivity contribution in [3.8, 4) is 0 Å². The molecule has 0 aromatic rings. The van der Waals surface area contributed by atoms with Gasteiger partial charge in [-0.05, 0) is 54.6 Å². The molecule has 0 radical (unpaired) electrons. The number of unbranched alkanes of at least 4 members (excludes halogenated alkanes) is 1. The second kappa shape index (κ2) is 8.45. The molecule has 0 aliphatic heterocycles. The quantitative estimate of drug-likeness (QED) is 0.423. The summed E-state index contributed by atoms with van der Waals surface area (Å²) in [6, 6.07) is 0. The van der Waals surface area contributed by atoms with Crippen LogP contribution in [0.4, 0.5) is 0 Å². The molecule has 1 aliphatic rings. The fraction of sp³-hybridized carbons (Fsp3) is 1.00. The van der Waals surface area contributed by atoms with E-state index in [0.29, 0.717) is 0 Å². The topological polar surface area (TPSA) is 0 Å². The van der Waals surface area contributed by atoms with Crippen LogP contribution in [0.3, 0.4) is 0 Å². The van der Waals surface area contributed by atoms with Crippen molar-refractivity contribution in [3.63, 3.8) is 0 Å². The molecule has 0 nitrogen and oxygen atoms in total. The van der Waals surface area contributed by atoms with E-state index < -0.39 is 0 Å². The molecule has 1 heteroatoms. The molecule has 0 bridgehead atoms. The molecule has 0 aromatic heterocycles. The first kappa shape index (κ1) is 15.4. The van der Waals surface area contributed by atoms with E-state index in [1.165, 1.54) is 44.9 Å². The maximum Gasteiger partial charge on any atom is -0.0228 e. The van der Waals surface area contributed by atoms with Crippen molar-refractivity contribution in [2.75, 3.05) is 23.0 Å². The van der Waals surface area contributed by atoms with Gasteiger partial charge in [0.15, 0.2) is 0 Å². The molecule has 1 saturated carbocycles. The lowest BCUT2D eigenvalue weighted by Crippen LogP contribution is -2.17. The second-order valence-electron chi connectivity index (χ2n) is 5.98. The van der Waals surface area contributed by atoms with Crippen molar-refractivity contribution in [2.45, 2.75) is 72.1 Å². The molecule has 1 aliphatic carbocycles. The molecule has 104 valence electrons. The zero-order valence-electron chi connectivity index (χ0n) is 12.5. The Hall–Kier alpha value is 0.350. The van der Waals surface area contributed by atoms with Crippen LogP contribution in [0.1, 0.15) is 72.1 Å².